The maximum atomic E-state index is 2.57. The summed E-state index contributed by atoms with van der Waals surface area (Å²) in [5.41, 5.74) is 4.28. The standard InChI is InChI=1S/C18H24N2/c1-14(2)17-8-6-16(7-9-17)13-20-12-11-19-10-4-5-18(19)15(20)3/h4-10,14-15H,11-13H2,1-3H3. The third-order valence-electron chi connectivity index (χ3n) is 4.50. The average Bonchev–Trinajstić information content (AvgIpc) is 2.92. The molecule has 0 spiro atoms. The first-order valence-electron chi connectivity index (χ1n) is 7.63. The summed E-state index contributed by atoms with van der Waals surface area (Å²) in [6, 6.07) is 14.0. The Morgan fingerprint density at radius 1 is 1.10 bits per heavy atom. The molecule has 0 N–H and O–H groups in total. The van der Waals surface area contributed by atoms with E-state index < -0.39 is 0 Å². The lowest BCUT2D eigenvalue weighted by atomic mass is 10.0. The lowest BCUT2D eigenvalue weighted by Gasteiger charge is -2.35. The third kappa shape index (κ3) is 2.53. The Kier molecular flexibility index (Phi) is 3.66. The quantitative estimate of drug-likeness (QED) is 0.810. The smallest absolute Gasteiger partial charge is 0.0476 e. The van der Waals surface area contributed by atoms with E-state index >= 15 is 0 Å². The molecule has 1 unspecified atom stereocenters. The fourth-order valence-corrected chi connectivity index (χ4v) is 3.09. The highest BCUT2D eigenvalue weighted by atomic mass is 15.2. The van der Waals surface area contributed by atoms with E-state index in [1.54, 1.807) is 0 Å². The van der Waals surface area contributed by atoms with Crippen molar-refractivity contribution in [2.45, 2.75) is 45.8 Å². The third-order valence-corrected chi connectivity index (χ3v) is 4.50. The second kappa shape index (κ2) is 5.45. The number of rotatable bonds is 3. The van der Waals surface area contributed by atoms with Crippen LogP contribution in [0.5, 0.6) is 0 Å². The van der Waals surface area contributed by atoms with E-state index in [0.717, 1.165) is 19.6 Å². The molecule has 0 radical (unpaired) electrons. The summed E-state index contributed by atoms with van der Waals surface area (Å²) in [6.45, 7) is 10.1. The largest absolute Gasteiger partial charge is 0.349 e. The molecular weight excluding hydrogens is 244 g/mol. The van der Waals surface area contributed by atoms with Gasteiger partial charge < -0.3 is 4.57 Å². The molecule has 2 heterocycles. The van der Waals surface area contributed by atoms with Crippen molar-refractivity contribution in [3.63, 3.8) is 0 Å². The molecule has 0 saturated carbocycles. The molecular formula is C18H24N2. The maximum absolute atomic E-state index is 2.57. The molecule has 0 bridgehead atoms. The lowest BCUT2D eigenvalue weighted by molar-refractivity contribution is 0.161. The van der Waals surface area contributed by atoms with Gasteiger partial charge in [0.05, 0.1) is 0 Å². The van der Waals surface area contributed by atoms with Gasteiger partial charge in [0.2, 0.25) is 0 Å². The van der Waals surface area contributed by atoms with Gasteiger partial charge in [-0.2, -0.15) is 0 Å². The van der Waals surface area contributed by atoms with Crippen molar-refractivity contribution in [2.75, 3.05) is 6.54 Å². The number of fused-ring (bicyclic) bond motifs is 1. The Bertz CT molecular complexity index is 565. The molecule has 0 aliphatic carbocycles. The molecule has 0 fully saturated rings. The summed E-state index contributed by atoms with van der Waals surface area (Å²) < 4.78 is 2.38. The van der Waals surface area contributed by atoms with Crippen molar-refractivity contribution >= 4 is 0 Å². The van der Waals surface area contributed by atoms with Crippen LogP contribution in [-0.2, 0) is 13.1 Å². The van der Waals surface area contributed by atoms with E-state index in [1.807, 2.05) is 0 Å². The van der Waals surface area contributed by atoms with Crippen molar-refractivity contribution < 1.29 is 0 Å². The zero-order chi connectivity index (χ0) is 14.1. The number of hydrogen-bond donors (Lipinski definition) is 0. The van der Waals surface area contributed by atoms with Crippen LogP contribution < -0.4 is 0 Å². The van der Waals surface area contributed by atoms with Crippen LogP contribution in [0.4, 0.5) is 0 Å². The zero-order valence-corrected chi connectivity index (χ0v) is 12.7. The predicted octanol–water partition coefficient (Wildman–Crippen LogP) is 4.19. The minimum absolute atomic E-state index is 0.503. The Morgan fingerprint density at radius 2 is 1.85 bits per heavy atom. The van der Waals surface area contributed by atoms with E-state index in [9.17, 15) is 0 Å². The van der Waals surface area contributed by atoms with E-state index in [0.29, 0.717) is 12.0 Å². The maximum Gasteiger partial charge on any atom is 0.0476 e. The summed E-state index contributed by atoms with van der Waals surface area (Å²) >= 11 is 0. The van der Waals surface area contributed by atoms with Crippen molar-refractivity contribution in [3.05, 3.63) is 59.4 Å². The Morgan fingerprint density at radius 3 is 2.55 bits per heavy atom. The molecule has 2 heteroatoms. The number of nitrogens with zero attached hydrogens (tertiary/aromatic N) is 2. The minimum atomic E-state index is 0.503. The molecule has 20 heavy (non-hydrogen) atoms. The van der Waals surface area contributed by atoms with Crippen LogP contribution in [0.1, 0.15) is 49.6 Å². The van der Waals surface area contributed by atoms with Gasteiger partial charge in [-0.25, -0.2) is 0 Å². The highest BCUT2D eigenvalue weighted by Gasteiger charge is 2.23. The van der Waals surface area contributed by atoms with Crippen molar-refractivity contribution in [1.29, 1.82) is 0 Å². The van der Waals surface area contributed by atoms with Crippen LogP contribution in [0.15, 0.2) is 42.6 Å². The van der Waals surface area contributed by atoms with Crippen LogP contribution in [0, 0.1) is 0 Å². The Balaban J connectivity index is 1.72. The highest BCUT2D eigenvalue weighted by Crippen LogP contribution is 2.27. The van der Waals surface area contributed by atoms with Crippen LogP contribution >= 0.6 is 0 Å². The summed E-state index contributed by atoms with van der Waals surface area (Å²) in [4.78, 5) is 2.57. The fourth-order valence-electron chi connectivity index (χ4n) is 3.09. The molecule has 1 aromatic heterocycles. The monoisotopic (exact) mass is 268 g/mol. The first kappa shape index (κ1) is 13.4. The van der Waals surface area contributed by atoms with Gasteiger partial charge >= 0.3 is 0 Å². The summed E-state index contributed by atoms with van der Waals surface area (Å²) in [5.74, 6) is 0.612. The van der Waals surface area contributed by atoms with Crippen LogP contribution in [0.25, 0.3) is 0 Å². The van der Waals surface area contributed by atoms with Crippen LogP contribution in [0.3, 0.4) is 0 Å². The predicted molar refractivity (Wildman–Crippen MR) is 83.8 cm³/mol. The normalized spacial score (nSPS) is 19.3. The Hall–Kier alpha value is -1.54. The lowest BCUT2D eigenvalue weighted by Crippen LogP contribution is -2.35. The second-order valence-corrected chi connectivity index (χ2v) is 6.17. The van der Waals surface area contributed by atoms with Gasteiger partial charge in [-0.15, -0.1) is 0 Å². The number of hydrogen-bond acceptors (Lipinski definition) is 1. The molecule has 0 amide bonds. The SMILES string of the molecule is CC(C)c1ccc(CN2CCn3cccc3C2C)cc1. The van der Waals surface area contributed by atoms with Crippen LogP contribution in [-0.4, -0.2) is 16.0 Å². The van der Waals surface area contributed by atoms with Gasteiger partial charge in [-0.3, -0.25) is 4.90 Å². The molecule has 1 aliphatic heterocycles. The summed E-state index contributed by atoms with van der Waals surface area (Å²) in [5, 5.41) is 0. The van der Waals surface area contributed by atoms with Crippen molar-refractivity contribution in [2.24, 2.45) is 0 Å². The van der Waals surface area contributed by atoms with Gasteiger partial charge in [0.15, 0.2) is 0 Å². The van der Waals surface area contributed by atoms with E-state index in [-0.39, 0.29) is 0 Å². The first-order chi connectivity index (χ1) is 9.65. The van der Waals surface area contributed by atoms with Crippen molar-refractivity contribution in [3.8, 4) is 0 Å². The summed E-state index contributed by atoms with van der Waals surface area (Å²) in [6.07, 6.45) is 2.20. The Labute approximate surface area is 122 Å². The average molecular weight is 268 g/mol. The molecule has 1 aliphatic rings. The molecule has 2 nitrogen and oxygen atoms in total. The van der Waals surface area contributed by atoms with E-state index in [4.69, 9.17) is 0 Å². The molecule has 0 saturated heterocycles. The topological polar surface area (TPSA) is 8.17 Å². The zero-order valence-electron chi connectivity index (χ0n) is 12.7. The van der Waals surface area contributed by atoms with Gasteiger partial charge in [0.25, 0.3) is 0 Å². The molecule has 1 aromatic carbocycles. The number of aromatic nitrogens is 1. The van der Waals surface area contributed by atoms with Crippen molar-refractivity contribution in [1.82, 2.24) is 9.47 Å². The number of benzene rings is 1. The first-order valence-corrected chi connectivity index (χ1v) is 7.63. The fraction of sp³-hybridized carbons (Fsp3) is 0.444. The molecule has 106 valence electrons. The highest BCUT2D eigenvalue weighted by molar-refractivity contribution is 5.25. The van der Waals surface area contributed by atoms with E-state index in [1.165, 1.54) is 16.8 Å². The van der Waals surface area contributed by atoms with Gasteiger partial charge in [0, 0.05) is 37.6 Å². The van der Waals surface area contributed by atoms with Gasteiger partial charge in [-0.1, -0.05) is 38.1 Å². The molecule has 3 rings (SSSR count). The van der Waals surface area contributed by atoms with Crippen LogP contribution in [0.2, 0.25) is 0 Å². The molecule has 1 atom stereocenters. The van der Waals surface area contributed by atoms with E-state index in [2.05, 4.69) is 72.8 Å². The van der Waals surface area contributed by atoms with Gasteiger partial charge in [-0.05, 0) is 36.1 Å². The minimum Gasteiger partial charge on any atom is -0.349 e. The summed E-state index contributed by atoms with van der Waals surface area (Å²) in [7, 11) is 0. The molecule has 2 aromatic rings. The second-order valence-electron chi connectivity index (χ2n) is 6.17. The van der Waals surface area contributed by atoms with Gasteiger partial charge in [0.1, 0.15) is 0 Å².